The van der Waals surface area contributed by atoms with E-state index in [0.29, 0.717) is 6.04 Å². The van der Waals surface area contributed by atoms with E-state index in [4.69, 9.17) is 0 Å². The maximum absolute atomic E-state index is 4.25. The number of pyridine rings is 1. The SMILES string of the molecule is CC(C)CN1CC2CN(Cc3cccnc3)CCN2C(C)(C)C1. The molecule has 2 fully saturated rings. The molecule has 0 saturated carbocycles. The van der Waals surface area contributed by atoms with E-state index in [9.17, 15) is 0 Å². The van der Waals surface area contributed by atoms with Crippen LogP contribution in [0.5, 0.6) is 0 Å². The number of piperazine rings is 2. The molecule has 0 N–H and O–H groups in total. The monoisotopic (exact) mass is 316 g/mol. The molecule has 2 aliphatic rings. The molecule has 0 spiro atoms. The van der Waals surface area contributed by atoms with Crippen LogP contribution in [0.25, 0.3) is 0 Å². The van der Waals surface area contributed by atoms with Crippen LogP contribution in [0.3, 0.4) is 0 Å². The van der Waals surface area contributed by atoms with Gasteiger partial charge in [0.2, 0.25) is 0 Å². The Morgan fingerprint density at radius 3 is 2.70 bits per heavy atom. The lowest BCUT2D eigenvalue weighted by atomic mass is 9.92. The molecule has 0 aromatic carbocycles. The van der Waals surface area contributed by atoms with Crippen molar-refractivity contribution in [3.05, 3.63) is 30.1 Å². The Morgan fingerprint density at radius 1 is 1.22 bits per heavy atom. The molecular formula is C19H32N4. The van der Waals surface area contributed by atoms with E-state index in [0.717, 1.165) is 12.5 Å². The van der Waals surface area contributed by atoms with E-state index in [1.165, 1.54) is 44.8 Å². The fraction of sp³-hybridized carbons (Fsp3) is 0.737. The van der Waals surface area contributed by atoms with Gasteiger partial charge in [-0.15, -0.1) is 0 Å². The molecule has 2 aliphatic heterocycles. The first-order valence-electron chi connectivity index (χ1n) is 9.04. The van der Waals surface area contributed by atoms with Crippen LogP contribution in [-0.2, 0) is 6.54 Å². The number of fused-ring (bicyclic) bond motifs is 1. The first-order valence-corrected chi connectivity index (χ1v) is 9.04. The van der Waals surface area contributed by atoms with Crippen LogP contribution in [0.15, 0.2) is 24.5 Å². The summed E-state index contributed by atoms with van der Waals surface area (Å²) in [6, 6.07) is 4.89. The smallest absolute Gasteiger partial charge is 0.0356 e. The summed E-state index contributed by atoms with van der Waals surface area (Å²) < 4.78 is 0. The first kappa shape index (κ1) is 16.9. The number of hydrogen-bond donors (Lipinski definition) is 0. The van der Waals surface area contributed by atoms with Crippen molar-refractivity contribution in [3.63, 3.8) is 0 Å². The average Bonchev–Trinajstić information content (AvgIpc) is 2.46. The second kappa shape index (κ2) is 6.88. The van der Waals surface area contributed by atoms with Gasteiger partial charge in [-0.2, -0.15) is 0 Å². The molecule has 4 nitrogen and oxygen atoms in total. The number of rotatable bonds is 4. The van der Waals surface area contributed by atoms with Crippen molar-refractivity contribution < 1.29 is 0 Å². The maximum Gasteiger partial charge on any atom is 0.0356 e. The molecule has 1 unspecified atom stereocenters. The summed E-state index contributed by atoms with van der Waals surface area (Å²) in [5.41, 5.74) is 1.62. The summed E-state index contributed by atoms with van der Waals surface area (Å²) >= 11 is 0. The molecule has 1 aromatic rings. The van der Waals surface area contributed by atoms with Crippen molar-refractivity contribution in [2.24, 2.45) is 5.92 Å². The normalized spacial score (nSPS) is 26.4. The molecule has 0 aliphatic carbocycles. The zero-order valence-corrected chi connectivity index (χ0v) is 15.2. The molecular weight excluding hydrogens is 284 g/mol. The summed E-state index contributed by atoms with van der Waals surface area (Å²) in [7, 11) is 0. The molecule has 1 aromatic heterocycles. The van der Waals surface area contributed by atoms with Gasteiger partial charge < -0.3 is 0 Å². The van der Waals surface area contributed by atoms with Crippen LogP contribution in [0, 0.1) is 5.92 Å². The molecule has 1 atom stereocenters. The molecule has 2 saturated heterocycles. The zero-order valence-electron chi connectivity index (χ0n) is 15.2. The highest BCUT2D eigenvalue weighted by Gasteiger charge is 2.42. The van der Waals surface area contributed by atoms with E-state index in [2.05, 4.69) is 53.4 Å². The lowest BCUT2D eigenvalue weighted by Crippen LogP contribution is -2.69. The Labute approximate surface area is 141 Å². The van der Waals surface area contributed by atoms with E-state index in [1.807, 2.05) is 18.5 Å². The van der Waals surface area contributed by atoms with Crippen LogP contribution < -0.4 is 0 Å². The van der Waals surface area contributed by atoms with Crippen LogP contribution in [0.1, 0.15) is 33.3 Å². The van der Waals surface area contributed by atoms with Crippen LogP contribution in [0.4, 0.5) is 0 Å². The molecule has 23 heavy (non-hydrogen) atoms. The van der Waals surface area contributed by atoms with Gasteiger partial charge in [0.05, 0.1) is 0 Å². The second-order valence-corrected chi connectivity index (χ2v) is 8.34. The molecule has 3 heterocycles. The summed E-state index contributed by atoms with van der Waals surface area (Å²) in [5.74, 6) is 0.743. The van der Waals surface area contributed by atoms with Crippen LogP contribution in [0.2, 0.25) is 0 Å². The second-order valence-electron chi connectivity index (χ2n) is 8.34. The highest BCUT2D eigenvalue weighted by molar-refractivity contribution is 5.09. The third kappa shape index (κ3) is 4.11. The highest BCUT2D eigenvalue weighted by atomic mass is 15.4. The van der Waals surface area contributed by atoms with Gasteiger partial charge in [0, 0.05) is 69.8 Å². The van der Waals surface area contributed by atoms with E-state index in [-0.39, 0.29) is 5.54 Å². The minimum Gasteiger partial charge on any atom is -0.300 e. The van der Waals surface area contributed by atoms with Crippen molar-refractivity contribution >= 4 is 0 Å². The van der Waals surface area contributed by atoms with Gasteiger partial charge in [-0.1, -0.05) is 19.9 Å². The zero-order chi connectivity index (χ0) is 16.4. The molecule has 0 amide bonds. The van der Waals surface area contributed by atoms with Crippen LogP contribution >= 0.6 is 0 Å². The Balaban J connectivity index is 1.65. The van der Waals surface area contributed by atoms with Gasteiger partial charge >= 0.3 is 0 Å². The Kier molecular flexibility index (Phi) is 5.04. The number of hydrogen-bond acceptors (Lipinski definition) is 4. The van der Waals surface area contributed by atoms with Crippen molar-refractivity contribution in [2.45, 2.75) is 45.8 Å². The predicted molar refractivity (Wildman–Crippen MR) is 95.4 cm³/mol. The summed E-state index contributed by atoms with van der Waals surface area (Å²) in [4.78, 5) is 12.3. The summed E-state index contributed by atoms with van der Waals surface area (Å²) in [5, 5.41) is 0. The quantitative estimate of drug-likeness (QED) is 0.850. The number of aromatic nitrogens is 1. The minimum absolute atomic E-state index is 0.290. The standard InChI is InChI=1S/C19H32N4/c1-16(2)11-22-14-18-13-21(12-17-6-5-7-20-10-17)8-9-23(18)19(3,4)15-22/h5-7,10,16,18H,8-9,11-15H2,1-4H3. The fourth-order valence-electron chi connectivity index (χ4n) is 4.42. The van der Waals surface area contributed by atoms with Crippen molar-refractivity contribution in [1.82, 2.24) is 19.7 Å². The lowest BCUT2D eigenvalue weighted by Gasteiger charge is -2.56. The Hall–Kier alpha value is -0.970. The molecule has 0 bridgehead atoms. The minimum atomic E-state index is 0.290. The van der Waals surface area contributed by atoms with Crippen molar-refractivity contribution in [1.29, 1.82) is 0 Å². The predicted octanol–water partition coefficient (Wildman–Crippen LogP) is 2.32. The largest absolute Gasteiger partial charge is 0.300 e. The molecule has 3 rings (SSSR count). The number of nitrogens with zero attached hydrogens (tertiary/aromatic N) is 4. The fourth-order valence-corrected chi connectivity index (χ4v) is 4.42. The first-order chi connectivity index (χ1) is 10.9. The molecule has 128 valence electrons. The van der Waals surface area contributed by atoms with Crippen molar-refractivity contribution in [3.8, 4) is 0 Å². The lowest BCUT2D eigenvalue weighted by molar-refractivity contribution is -0.0684. The van der Waals surface area contributed by atoms with E-state index < -0.39 is 0 Å². The van der Waals surface area contributed by atoms with Gasteiger partial charge in [-0.3, -0.25) is 19.7 Å². The topological polar surface area (TPSA) is 22.6 Å². The van der Waals surface area contributed by atoms with E-state index in [1.54, 1.807) is 0 Å². The average molecular weight is 316 g/mol. The maximum atomic E-state index is 4.25. The molecule has 4 heteroatoms. The third-order valence-corrected chi connectivity index (χ3v) is 5.18. The molecule has 0 radical (unpaired) electrons. The van der Waals surface area contributed by atoms with Gasteiger partial charge in [0.25, 0.3) is 0 Å². The third-order valence-electron chi connectivity index (χ3n) is 5.18. The van der Waals surface area contributed by atoms with Gasteiger partial charge in [-0.05, 0) is 31.4 Å². The van der Waals surface area contributed by atoms with E-state index >= 15 is 0 Å². The van der Waals surface area contributed by atoms with Gasteiger partial charge in [0.15, 0.2) is 0 Å². The van der Waals surface area contributed by atoms with Crippen LogP contribution in [-0.4, -0.2) is 70.5 Å². The Bertz CT molecular complexity index is 499. The summed E-state index contributed by atoms with van der Waals surface area (Å²) in [6.07, 6.45) is 3.86. The van der Waals surface area contributed by atoms with Crippen molar-refractivity contribution in [2.75, 3.05) is 39.3 Å². The summed E-state index contributed by atoms with van der Waals surface area (Å²) in [6.45, 7) is 17.7. The highest BCUT2D eigenvalue weighted by Crippen LogP contribution is 2.28. The van der Waals surface area contributed by atoms with Gasteiger partial charge in [0.1, 0.15) is 0 Å². The van der Waals surface area contributed by atoms with Gasteiger partial charge in [-0.25, -0.2) is 0 Å². The Morgan fingerprint density at radius 2 is 2.00 bits per heavy atom.